The highest BCUT2D eigenvalue weighted by molar-refractivity contribution is 5.74. The first-order valence-electron chi connectivity index (χ1n) is 7.74. The van der Waals surface area contributed by atoms with Crippen molar-refractivity contribution in [3.05, 3.63) is 0 Å². The van der Waals surface area contributed by atoms with Crippen LogP contribution in [0.5, 0.6) is 0 Å². The van der Waals surface area contributed by atoms with E-state index in [-0.39, 0.29) is 6.03 Å². The van der Waals surface area contributed by atoms with Crippen molar-refractivity contribution >= 4 is 6.03 Å². The summed E-state index contributed by atoms with van der Waals surface area (Å²) in [5.41, 5.74) is 0. The first-order valence-corrected chi connectivity index (χ1v) is 7.74. The van der Waals surface area contributed by atoms with E-state index >= 15 is 0 Å². The molecular weight excluding hydrogens is 240 g/mol. The smallest absolute Gasteiger partial charge is 0.317 e. The highest BCUT2D eigenvalue weighted by Crippen LogP contribution is 2.18. The Morgan fingerprint density at radius 1 is 1.47 bits per heavy atom. The van der Waals surface area contributed by atoms with Crippen LogP contribution in [0.15, 0.2) is 0 Å². The third kappa shape index (κ3) is 6.81. The van der Waals surface area contributed by atoms with Crippen LogP contribution in [-0.4, -0.2) is 43.8 Å². The second-order valence-electron chi connectivity index (χ2n) is 5.92. The SMILES string of the molecule is CCC1CCCN(C(=O)NCCCOCC(C)C)C1. The van der Waals surface area contributed by atoms with Crippen LogP contribution in [0.1, 0.15) is 46.5 Å². The van der Waals surface area contributed by atoms with Crippen LogP contribution in [0, 0.1) is 11.8 Å². The van der Waals surface area contributed by atoms with Crippen molar-refractivity contribution in [1.29, 1.82) is 0 Å². The fourth-order valence-corrected chi connectivity index (χ4v) is 2.38. The highest BCUT2D eigenvalue weighted by atomic mass is 16.5. The Hall–Kier alpha value is -0.770. The van der Waals surface area contributed by atoms with Crippen LogP contribution in [0.4, 0.5) is 4.79 Å². The van der Waals surface area contributed by atoms with Gasteiger partial charge in [0.15, 0.2) is 0 Å². The van der Waals surface area contributed by atoms with Crippen molar-refractivity contribution in [2.45, 2.75) is 46.5 Å². The Morgan fingerprint density at radius 2 is 2.26 bits per heavy atom. The third-order valence-electron chi connectivity index (χ3n) is 3.58. The van der Waals surface area contributed by atoms with Gasteiger partial charge in [-0.3, -0.25) is 0 Å². The molecule has 1 N–H and O–H groups in total. The number of ether oxygens (including phenoxy) is 1. The molecule has 1 rings (SSSR count). The molecule has 1 heterocycles. The van der Waals surface area contributed by atoms with E-state index in [9.17, 15) is 4.79 Å². The molecule has 0 aromatic heterocycles. The number of amides is 2. The van der Waals surface area contributed by atoms with E-state index in [4.69, 9.17) is 4.74 Å². The van der Waals surface area contributed by atoms with Gasteiger partial charge in [0.05, 0.1) is 0 Å². The Labute approximate surface area is 117 Å². The number of hydrogen-bond acceptors (Lipinski definition) is 2. The molecule has 0 aliphatic carbocycles. The zero-order valence-electron chi connectivity index (χ0n) is 12.8. The van der Waals surface area contributed by atoms with Crippen molar-refractivity contribution in [3.8, 4) is 0 Å². The second kappa shape index (κ2) is 9.18. The molecule has 19 heavy (non-hydrogen) atoms. The van der Waals surface area contributed by atoms with Crippen molar-refractivity contribution in [2.75, 3.05) is 32.8 Å². The molecule has 112 valence electrons. The number of rotatable bonds is 7. The van der Waals surface area contributed by atoms with Gasteiger partial charge in [-0.2, -0.15) is 0 Å². The number of carbonyl (C=O) groups is 1. The summed E-state index contributed by atoms with van der Waals surface area (Å²) >= 11 is 0. The van der Waals surface area contributed by atoms with Crippen LogP contribution in [-0.2, 0) is 4.74 Å². The van der Waals surface area contributed by atoms with Crippen molar-refractivity contribution in [1.82, 2.24) is 10.2 Å². The van der Waals surface area contributed by atoms with E-state index in [0.29, 0.717) is 18.4 Å². The lowest BCUT2D eigenvalue weighted by Gasteiger charge is -2.32. The first kappa shape index (κ1) is 16.3. The molecule has 1 unspecified atom stereocenters. The Morgan fingerprint density at radius 3 is 2.95 bits per heavy atom. The summed E-state index contributed by atoms with van der Waals surface area (Å²) in [5.74, 6) is 1.27. The van der Waals surface area contributed by atoms with E-state index in [1.807, 2.05) is 4.90 Å². The summed E-state index contributed by atoms with van der Waals surface area (Å²) in [4.78, 5) is 13.9. The predicted octanol–water partition coefficient (Wildman–Crippen LogP) is 2.88. The number of hydrogen-bond donors (Lipinski definition) is 1. The fraction of sp³-hybridized carbons (Fsp3) is 0.933. The lowest BCUT2D eigenvalue weighted by molar-refractivity contribution is 0.107. The van der Waals surface area contributed by atoms with Gasteiger partial charge in [0.2, 0.25) is 0 Å². The average molecular weight is 270 g/mol. The van der Waals surface area contributed by atoms with Gasteiger partial charge in [-0.25, -0.2) is 4.79 Å². The number of piperidine rings is 1. The summed E-state index contributed by atoms with van der Waals surface area (Å²) in [5, 5.41) is 2.99. The molecule has 0 saturated carbocycles. The zero-order valence-corrected chi connectivity index (χ0v) is 12.8. The summed E-state index contributed by atoms with van der Waals surface area (Å²) in [6.07, 6.45) is 4.48. The maximum atomic E-state index is 12.0. The van der Waals surface area contributed by atoms with Gasteiger partial charge in [0.1, 0.15) is 0 Å². The quantitative estimate of drug-likeness (QED) is 0.723. The first-order chi connectivity index (χ1) is 9.13. The molecular formula is C15H30N2O2. The van der Waals surface area contributed by atoms with Gasteiger partial charge < -0.3 is 15.0 Å². The predicted molar refractivity (Wildman–Crippen MR) is 78.3 cm³/mol. The molecule has 4 nitrogen and oxygen atoms in total. The average Bonchev–Trinajstić information content (AvgIpc) is 2.42. The van der Waals surface area contributed by atoms with Crippen LogP contribution >= 0.6 is 0 Å². The second-order valence-corrected chi connectivity index (χ2v) is 5.92. The van der Waals surface area contributed by atoms with E-state index in [1.54, 1.807) is 0 Å². The molecule has 1 fully saturated rings. The third-order valence-corrected chi connectivity index (χ3v) is 3.58. The molecule has 1 aliphatic rings. The zero-order chi connectivity index (χ0) is 14.1. The summed E-state index contributed by atoms with van der Waals surface area (Å²) in [6, 6.07) is 0.0991. The number of urea groups is 1. The van der Waals surface area contributed by atoms with Crippen LogP contribution in [0.2, 0.25) is 0 Å². The fourth-order valence-electron chi connectivity index (χ4n) is 2.38. The standard InChI is InChI=1S/C15H30N2O2/c1-4-14-7-5-9-17(11-14)15(18)16-8-6-10-19-12-13(2)3/h13-14H,4-12H2,1-3H3,(H,16,18). The van der Waals surface area contributed by atoms with Crippen LogP contribution < -0.4 is 5.32 Å². The molecule has 1 aliphatic heterocycles. The van der Waals surface area contributed by atoms with E-state index < -0.39 is 0 Å². The summed E-state index contributed by atoms with van der Waals surface area (Å²) in [7, 11) is 0. The Bertz CT molecular complexity index is 257. The van der Waals surface area contributed by atoms with Gasteiger partial charge in [-0.15, -0.1) is 0 Å². The lowest BCUT2D eigenvalue weighted by atomic mass is 9.96. The Kier molecular flexibility index (Phi) is 7.87. The number of nitrogens with zero attached hydrogens (tertiary/aromatic N) is 1. The highest BCUT2D eigenvalue weighted by Gasteiger charge is 2.21. The maximum absolute atomic E-state index is 12.0. The number of likely N-dealkylation sites (tertiary alicyclic amines) is 1. The number of carbonyl (C=O) groups excluding carboxylic acids is 1. The minimum atomic E-state index is 0.0991. The molecule has 0 aromatic carbocycles. The Balaban J connectivity index is 2.07. The maximum Gasteiger partial charge on any atom is 0.317 e. The summed E-state index contributed by atoms with van der Waals surface area (Å²) in [6.45, 7) is 10.6. The molecule has 4 heteroatoms. The van der Waals surface area contributed by atoms with E-state index in [2.05, 4.69) is 26.1 Å². The normalized spacial score (nSPS) is 19.8. The summed E-state index contributed by atoms with van der Waals surface area (Å²) < 4.78 is 5.49. The lowest BCUT2D eigenvalue weighted by Crippen LogP contribution is -2.45. The van der Waals surface area contributed by atoms with Crippen LogP contribution in [0.3, 0.4) is 0 Å². The largest absolute Gasteiger partial charge is 0.381 e. The number of nitrogens with one attached hydrogen (secondary N) is 1. The van der Waals surface area contributed by atoms with Crippen molar-refractivity contribution < 1.29 is 9.53 Å². The van der Waals surface area contributed by atoms with Crippen molar-refractivity contribution in [2.24, 2.45) is 11.8 Å². The minimum Gasteiger partial charge on any atom is -0.381 e. The van der Waals surface area contributed by atoms with Gasteiger partial charge >= 0.3 is 6.03 Å². The molecule has 1 saturated heterocycles. The molecule has 1 atom stereocenters. The van der Waals surface area contributed by atoms with Crippen LogP contribution in [0.25, 0.3) is 0 Å². The molecule has 0 spiro atoms. The molecule has 0 radical (unpaired) electrons. The topological polar surface area (TPSA) is 41.6 Å². The van der Waals surface area contributed by atoms with Gasteiger partial charge in [-0.05, 0) is 31.1 Å². The minimum absolute atomic E-state index is 0.0991. The molecule has 2 amide bonds. The van der Waals surface area contributed by atoms with E-state index in [1.165, 1.54) is 12.8 Å². The van der Waals surface area contributed by atoms with E-state index in [0.717, 1.165) is 39.1 Å². The molecule has 0 bridgehead atoms. The van der Waals surface area contributed by atoms with Gasteiger partial charge in [0.25, 0.3) is 0 Å². The van der Waals surface area contributed by atoms with Gasteiger partial charge in [-0.1, -0.05) is 27.2 Å². The molecule has 0 aromatic rings. The van der Waals surface area contributed by atoms with Gasteiger partial charge in [0, 0.05) is 32.8 Å². The monoisotopic (exact) mass is 270 g/mol. The van der Waals surface area contributed by atoms with Crippen molar-refractivity contribution in [3.63, 3.8) is 0 Å².